The molecule has 0 bridgehead atoms. The Balaban J connectivity index is 1.93. The first-order valence-electron chi connectivity index (χ1n) is 6.93. The molecule has 6 heteroatoms. The average Bonchev–Trinajstić information content (AvgIpc) is 2.96. The molecule has 0 atom stereocenters. The Kier molecular flexibility index (Phi) is 4.43. The minimum Gasteiger partial charge on any atom is -0.486 e. The fourth-order valence-corrected chi connectivity index (χ4v) is 2.76. The predicted octanol–water partition coefficient (Wildman–Crippen LogP) is 4.76. The zero-order chi connectivity index (χ0) is 16.2. The van der Waals surface area contributed by atoms with Gasteiger partial charge in [0, 0.05) is 23.2 Å². The van der Waals surface area contributed by atoms with Crippen LogP contribution in [0.3, 0.4) is 0 Å². The molecule has 2 aromatic carbocycles. The second-order valence-corrected chi connectivity index (χ2v) is 5.77. The molecule has 1 aromatic heterocycles. The predicted molar refractivity (Wildman–Crippen MR) is 92.8 cm³/mol. The number of aromatic nitrogens is 1. The minimum atomic E-state index is -0.482. The van der Waals surface area contributed by atoms with Gasteiger partial charge in [-0.25, -0.2) is 0 Å². The first-order valence-corrected chi connectivity index (χ1v) is 7.72. The number of hydrogen-bond donors (Lipinski definition) is 1. The number of fused-ring (bicyclic) bond motifs is 1. The van der Waals surface area contributed by atoms with Gasteiger partial charge >= 0.3 is 0 Å². The van der Waals surface area contributed by atoms with Crippen molar-refractivity contribution < 1.29 is 9.66 Å². The fourth-order valence-electron chi connectivity index (χ4n) is 2.32. The van der Waals surface area contributed by atoms with Gasteiger partial charge in [0.05, 0.1) is 14.9 Å². The number of nitrogens with zero attached hydrogens (tertiary/aromatic N) is 1. The van der Waals surface area contributed by atoms with E-state index in [4.69, 9.17) is 4.74 Å². The lowest BCUT2D eigenvalue weighted by Crippen LogP contribution is -1.96. The van der Waals surface area contributed by atoms with Gasteiger partial charge in [-0.05, 0) is 27.6 Å². The highest BCUT2D eigenvalue weighted by Gasteiger charge is 2.12. The van der Waals surface area contributed by atoms with Gasteiger partial charge in [0.2, 0.25) is 6.20 Å². The Hall–Kier alpha value is -2.60. The van der Waals surface area contributed by atoms with E-state index in [1.54, 1.807) is 6.20 Å². The van der Waals surface area contributed by atoms with Gasteiger partial charge in [-0.3, -0.25) is 10.1 Å². The SMILES string of the molecule is O=[N+]([O-])/C=C/c1c[nH]c2c(OCc3ccccc3)c(Br)ccc12. The maximum Gasteiger partial charge on any atom is 0.235 e. The topological polar surface area (TPSA) is 68.2 Å². The Morgan fingerprint density at radius 3 is 2.74 bits per heavy atom. The van der Waals surface area contributed by atoms with Crippen LogP contribution >= 0.6 is 15.9 Å². The molecule has 116 valence electrons. The number of nitro groups is 1. The minimum absolute atomic E-state index is 0.442. The molecule has 0 spiro atoms. The zero-order valence-electron chi connectivity index (χ0n) is 12.0. The number of ether oxygens (including phenoxy) is 1. The van der Waals surface area contributed by atoms with Crippen LogP contribution in [0.5, 0.6) is 5.75 Å². The van der Waals surface area contributed by atoms with E-state index in [1.165, 1.54) is 6.08 Å². The Bertz CT molecular complexity index is 872. The molecule has 3 rings (SSSR count). The maximum absolute atomic E-state index is 10.5. The van der Waals surface area contributed by atoms with Gasteiger partial charge in [0.1, 0.15) is 6.61 Å². The van der Waals surface area contributed by atoms with Gasteiger partial charge in [-0.1, -0.05) is 36.4 Å². The van der Waals surface area contributed by atoms with Crippen molar-refractivity contribution in [3.63, 3.8) is 0 Å². The number of nitrogens with one attached hydrogen (secondary N) is 1. The monoisotopic (exact) mass is 372 g/mol. The molecule has 1 heterocycles. The Morgan fingerprint density at radius 1 is 1.22 bits per heavy atom. The van der Waals surface area contributed by atoms with Gasteiger partial charge < -0.3 is 9.72 Å². The molecule has 0 unspecified atom stereocenters. The van der Waals surface area contributed by atoms with Crippen LogP contribution in [0.25, 0.3) is 17.0 Å². The van der Waals surface area contributed by atoms with Crippen LogP contribution < -0.4 is 4.74 Å². The summed E-state index contributed by atoms with van der Waals surface area (Å²) in [4.78, 5) is 13.1. The first kappa shape index (κ1) is 15.3. The number of hydrogen-bond acceptors (Lipinski definition) is 3. The van der Waals surface area contributed by atoms with Crippen molar-refractivity contribution in [2.75, 3.05) is 0 Å². The molecular weight excluding hydrogens is 360 g/mol. The van der Waals surface area contributed by atoms with Crippen molar-refractivity contribution in [3.8, 4) is 5.75 Å². The molecule has 0 saturated carbocycles. The zero-order valence-corrected chi connectivity index (χ0v) is 13.6. The van der Waals surface area contributed by atoms with E-state index in [9.17, 15) is 10.1 Å². The van der Waals surface area contributed by atoms with E-state index in [-0.39, 0.29) is 0 Å². The van der Waals surface area contributed by atoms with Crippen LogP contribution in [-0.2, 0) is 6.61 Å². The standard InChI is InChI=1S/C17H13BrN2O3/c18-15-7-6-14-13(8-9-20(21)22)10-19-16(14)17(15)23-11-12-4-2-1-3-5-12/h1-10,19H,11H2/b9-8+. The highest BCUT2D eigenvalue weighted by molar-refractivity contribution is 9.10. The van der Waals surface area contributed by atoms with Crippen LogP contribution in [0.2, 0.25) is 0 Å². The molecule has 1 N–H and O–H groups in total. The van der Waals surface area contributed by atoms with Crippen LogP contribution in [0.4, 0.5) is 0 Å². The summed E-state index contributed by atoms with van der Waals surface area (Å²) in [7, 11) is 0. The molecule has 0 aliphatic rings. The lowest BCUT2D eigenvalue weighted by Gasteiger charge is -2.09. The second-order valence-electron chi connectivity index (χ2n) is 4.92. The molecule has 3 aromatic rings. The molecule has 0 radical (unpaired) electrons. The molecule has 23 heavy (non-hydrogen) atoms. The van der Waals surface area contributed by atoms with E-state index in [0.29, 0.717) is 12.4 Å². The van der Waals surface area contributed by atoms with Crippen molar-refractivity contribution in [1.82, 2.24) is 4.98 Å². The number of halogens is 1. The average molecular weight is 373 g/mol. The molecule has 0 fully saturated rings. The van der Waals surface area contributed by atoms with Gasteiger partial charge in [-0.15, -0.1) is 0 Å². The Morgan fingerprint density at radius 2 is 2.00 bits per heavy atom. The maximum atomic E-state index is 10.5. The van der Waals surface area contributed by atoms with E-state index in [1.807, 2.05) is 42.5 Å². The number of aromatic amines is 1. The molecular formula is C17H13BrN2O3. The van der Waals surface area contributed by atoms with E-state index in [0.717, 1.165) is 32.7 Å². The van der Waals surface area contributed by atoms with Crippen LogP contribution in [0.1, 0.15) is 11.1 Å². The number of H-pyrrole nitrogens is 1. The molecule has 0 saturated heterocycles. The van der Waals surface area contributed by atoms with E-state index < -0.39 is 4.92 Å². The van der Waals surface area contributed by atoms with Crippen molar-refractivity contribution in [3.05, 3.63) is 80.6 Å². The normalized spacial score (nSPS) is 11.2. The van der Waals surface area contributed by atoms with Crippen LogP contribution in [0, 0.1) is 10.1 Å². The highest BCUT2D eigenvalue weighted by atomic mass is 79.9. The van der Waals surface area contributed by atoms with E-state index in [2.05, 4.69) is 20.9 Å². The summed E-state index contributed by atoms with van der Waals surface area (Å²) in [5, 5.41) is 11.4. The fraction of sp³-hybridized carbons (Fsp3) is 0.0588. The summed E-state index contributed by atoms with van der Waals surface area (Å²) in [5.41, 5.74) is 2.61. The smallest absolute Gasteiger partial charge is 0.235 e. The number of benzene rings is 2. The third-order valence-electron chi connectivity index (χ3n) is 3.39. The van der Waals surface area contributed by atoms with Gasteiger partial charge in [0.15, 0.2) is 5.75 Å². The molecule has 0 amide bonds. The summed E-state index contributed by atoms with van der Waals surface area (Å²) >= 11 is 3.49. The van der Waals surface area contributed by atoms with Crippen LogP contribution in [-0.4, -0.2) is 9.91 Å². The highest BCUT2D eigenvalue weighted by Crippen LogP contribution is 2.35. The summed E-state index contributed by atoms with van der Waals surface area (Å²) in [5.74, 6) is 0.687. The summed E-state index contributed by atoms with van der Waals surface area (Å²) in [6.45, 7) is 0.442. The third kappa shape index (κ3) is 3.43. The number of rotatable bonds is 5. The van der Waals surface area contributed by atoms with Crippen molar-refractivity contribution >= 4 is 32.9 Å². The largest absolute Gasteiger partial charge is 0.486 e. The van der Waals surface area contributed by atoms with Gasteiger partial charge in [-0.2, -0.15) is 0 Å². The summed E-state index contributed by atoms with van der Waals surface area (Å²) in [6, 6.07) is 13.6. The van der Waals surface area contributed by atoms with Gasteiger partial charge in [0.25, 0.3) is 0 Å². The summed E-state index contributed by atoms with van der Waals surface area (Å²) in [6.07, 6.45) is 4.12. The molecule has 5 nitrogen and oxygen atoms in total. The van der Waals surface area contributed by atoms with Crippen LogP contribution in [0.15, 0.2) is 59.3 Å². The lowest BCUT2D eigenvalue weighted by molar-refractivity contribution is -0.400. The van der Waals surface area contributed by atoms with Crippen molar-refractivity contribution in [2.45, 2.75) is 6.61 Å². The third-order valence-corrected chi connectivity index (χ3v) is 4.02. The summed E-state index contributed by atoms with van der Waals surface area (Å²) < 4.78 is 6.77. The van der Waals surface area contributed by atoms with Crippen molar-refractivity contribution in [2.24, 2.45) is 0 Å². The lowest BCUT2D eigenvalue weighted by atomic mass is 10.1. The molecule has 0 aliphatic carbocycles. The Labute approximate surface area is 140 Å². The molecule has 0 aliphatic heterocycles. The second kappa shape index (κ2) is 6.66. The quantitative estimate of drug-likeness (QED) is 0.518. The van der Waals surface area contributed by atoms with E-state index >= 15 is 0 Å². The first-order chi connectivity index (χ1) is 11.1. The van der Waals surface area contributed by atoms with Crippen molar-refractivity contribution in [1.29, 1.82) is 0 Å².